The Kier molecular flexibility index (Phi) is 5.41. The zero-order valence-corrected chi connectivity index (χ0v) is 15.2. The van der Waals surface area contributed by atoms with Gasteiger partial charge in [0.25, 0.3) is 5.91 Å². The lowest BCUT2D eigenvalue weighted by molar-refractivity contribution is -0.131. The standard InChI is InChI=1S/C19H17ClFN3O3/c1-12-18(26)23(19(27)24(12)16-8-6-15(21)7-9-16)11-17(25)22-10-13-2-4-14(20)5-3-13/h2-9,12H,10-11H2,1H3,(H,22,25). The molecule has 8 heteroatoms. The highest BCUT2D eigenvalue weighted by Crippen LogP contribution is 2.25. The Morgan fingerprint density at radius 3 is 2.37 bits per heavy atom. The van der Waals surface area contributed by atoms with E-state index in [4.69, 9.17) is 11.6 Å². The summed E-state index contributed by atoms with van der Waals surface area (Å²) in [6.45, 7) is 1.44. The van der Waals surface area contributed by atoms with E-state index in [0.717, 1.165) is 10.5 Å². The molecule has 0 aromatic heterocycles. The number of imide groups is 1. The number of hydrogen-bond donors (Lipinski definition) is 1. The minimum Gasteiger partial charge on any atom is -0.350 e. The van der Waals surface area contributed by atoms with Crippen LogP contribution >= 0.6 is 11.6 Å². The molecule has 4 amide bonds. The van der Waals surface area contributed by atoms with Crippen LogP contribution in [0.5, 0.6) is 0 Å². The molecule has 2 aromatic carbocycles. The first kappa shape index (κ1) is 18.8. The predicted molar refractivity (Wildman–Crippen MR) is 98.7 cm³/mol. The fraction of sp³-hybridized carbons (Fsp3) is 0.211. The molecule has 0 saturated carbocycles. The Morgan fingerprint density at radius 1 is 1.11 bits per heavy atom. The number of hydrogen-bond acceptors (Lipinski definition) is 3. The van der Waals surface area contributed by atoms with Crippen molar-refractivity contribution in [2.24, 2.45) is 0 Å². The van der Waals surface area contributed by atoms with Crippen molar-refractivity contribution in [1.82, 2.24) is 10.2 Å². The van der Waals surface area contributed by atoms with Gasteiger partial charge in [-0.25, -0.2) is 9.18 Å². The Balaban J connectivity index is 1.64. The number of nitrogens with zero attached hydrogens (tertiary/aromatic N) is 2. The van der Waals surface area contributed by atoms with Gasteiger partial charge in [-0.15, -0.1) is 0 Å². The monoisotopic (exact) mass is 389 g/mol. The number of benzene rings is 2. The fourth-order valence-corrected chi connectivity index (χ4v) is 2.94. The summed E-state index contributed by atoms with van der Waals surface area (Å²) in [6.07, 6.45) is 0. The number of urea groups is 1. The fourth-order valence-electron chi connectivity index (χ4n) is 2.81. The van der Waals surface area contributed by atoms with Gasteiger partial charge in [0, 0.05) is 17.3 Å². The van der Waals surface area contributed by atoms with Gasteiger partial charge in [-0.2, -0.15) is 0 Å². The van der Waals surface area contributed by atoms with Crippen molar-refractivity contribution in [3.05, 3.63) is 64.9 Å². The third kappa shape index (κ3) is 4.09. The number of amides is 4. The van der Waals surface area contributed by atoms with Crippen molar-refractivity contribution in [2.45, 2.75) is 19.5 Å². The van der Waals surface area contributed by atoms with E-state index in [-0.39, 0.29) is 13.1 Å². The van der Waals surface area contributed by atoms with E-state index in [1.807, 2.05) is 0 Å². The summed E-state index contributed by atoms with van der Waals surface area (Å²) in [6, 6.07) is 10.8. The van der Waals surface area contributed by atoms with Gasteiger partial charge in [0.15, 0.2) is 0 Å². The molecule has 1 unspecified atom stereocenters. The number of rotatable bonds is 5. The van der Waals surface area contributed by atoms with E-state index in [2.05, 4.69) is 5.32 Å². The molecule has 1 fully saturated rings. The van der Waals surface area contributed by atoms with Crippen LogP contribution in [-0.4, -0.2) is 35.3 Å². The summed E-state index contributed by atoms with van der Waals surface area (Å²) >= 11 is 5.81. The minimum absolute atomic E-state index is 0.253. The van der Waals surface area contributed by atoms with Crippen LogP contribution in [0.3, 0.4) is 0 Å². The highest BCUT2D eigenvalue weighted by Gasteiger charge is 2.43. The molecule has 2 aromatic rings. The Bertz CT molecular complexity index is 871. The van der Waals surface area contributed by atoms with E-state index in [1.165, 1.54) is 29.2 Å². The van der Waals surface area contributed by atoms with Crippen LogP contribution in [0, 0.1) is 5.82 Å². The zero-order valence-electron chi connectivity index (χ0n) is 14.5. The van der Waals surface area contributed by atoms with Gasteiger partial charge in [-0.05, 0) is 48.9 Å². The second-order valence-corrected chi connectivity index (χ2v) is 6.57. The maximum absolute atomic E-state index is 13.1. The van der Waals surface area contributed by atoms with Crippen LogP contribution in [0.4, 0.5) is 14.9 Å². The summed E-state index contributed by atoms with van der Waals surface area (Å²) in [5.74, 6) is -1.38. The van der Waals surface area contributed by atoms with Gasteiger partial charge in [0.2, 0.25) is 5.91 Å². The molecule has 1 atom stereocenters. The van der Waals surface area contributed by atoms with Crippen molar-refractivity contribution in [3.8, 4) is 0 Å². The molecule has 0 spiro atoms. The second kappa shape index (κ2) is 7.75. The Morgan fingerprint density at radius 2 is 1.74 bits per heavy atom. The molecule has 1 N–H and O–H groups in total. The molecular weight excluding hydrogens is 373 g/mol. The Labute approximate surface area is 160 Å². The van der Waals surface area contributed by atoms with Crippen LogP contribution in [-0.2, 0) is 16.1 Å². The van der Waals surface area contributed by atoms with E-state index < -0.39 is 29.7 Å². The molecule has 3 rings (SSSR count). The first-order valence-corrected chi connectivity index (χ1v) is 8.66. The molecule has 0 bridgehead atoms. The number of nitrogens with one attached hydrogen (secondary N) is 1. The number of anilines is 1. The van der Waals surface area contributed by atoms with Crippen molar-refractivity contribution >= 4 is 35.1 Å². The largest absolute Gasteiger partial charge is 0.350 e. The average Bonchev–Trinajstić information content (AvgIpc) is 2.86. The molecule has 6 nitrogen and oxygen atoms in total. The maximum Gasteiger partial charge on any atom is 0.332 e. The van der Waals surface area contributed by atoms with Crippen LogP contribution in [0.15, 0.2) is 48.5 Å². The topological polar surface area (TPSA) is 69.7 Å². The maximum atomic E-state index is 13.1. The van der Waals surface area contributed by atoms with Gasteiger partial charge in [0.05, 0.1) is 0 Å². The number of halogens is 2. The van der Waals surface area contributed by atoms with Crippen molar-refractivity contribution in [3.63, 3.8) is 0 Å². The molecular formula is C19H17ClFN3O3. The van der Waals surface area contributed by atoms with Gasteiger partial charge in [-0.3, -0.25) is 19.4 Å². The van der Waals surface area contributed by atoms with E-state index >= 15 is 0 Å². The smallest absolute Gasteiger partial charge is 0.332 e. The SMILES string of the molecule is CC1C(=O)N(CC(=O)NCc2ccc(Cl)cc2)C(=O)N1c1ccc(F)cc1. The third-order valence-corrected chi connectivity index (χ3v) is 4.51. The normalized spacial score (nSPS) is 16.8. The molecule has 1 aliphatic heterocycles. The summed E-state index contributed by atoms with van der Waals surface area (Å²) in [7, 11) is 0. The van der Waals surface area contributed by atoms with Crippen LogP contribution < -0.4 is 10.2 Å². The number of carbonyl (C=O) groups excluding carboxylic acids is 3. The average molecular weight is 390 g/mol. The Hall–Kier alpha value is -2.93. The number of carbonyl (C=O) groups is 3. The molecule has 1 saturated heterocycles. The van der Waals surface area contributed by atoms with Gasteiger partial charge < -0.3 is 5.32 Å². The molecule has 1 aliphatic rings. The summed E-state index contributed by atoms with van der Waals surface area (Å²) in [5, 5.41) is 3.26. The van der Waals surface area contributed by atoms with E-state index in [9.17, 15) is 18.8 Å². The van der Waals surface area contributed by atoms with Gasteiger partial charge in [-0.1, -0.05) is 23.7 Å². The molecule has 1 heterocycles. The molecule has 0 radical (unpaired) electrons. The molecule has 27 heavy (non-hydrogen) atoms. The summed E-state index contributed by atoms with van der Waals surface area (Å²) in [4.78, 5) is 39.3. The van der Waals surface area contributed by atoms with Crippen LogP contribution in [0.25, 0.3) is 0 Å². The first-order chi connectivity index (χ1) is 12.9. The van der Waals surface area contributed by atoms with Crippen LogP contribution in [0.2, 0.25) is 5.02 Å². The van der Waals surface area contributed by atoms with Gasteiger partial charge in [0.1, 0.15) is 18.4 Å². The predicted octanol–water partition coefficient (Wildman–Crippen LogP) is 2.95. The molecule has 0 aliphatic carbocycles. The lowest BCUT2D eigenvalue weighted by Gasteiger charge is -2.19. The second-order valence-electron chi connectivity index (χ2n) is 6.13. The molecule has 140 valence electrons. The highest BCUT2D eigenvalue weighted by atomic mass is 35.5. The summed E-state index contributed by atoms with van der Waals surface area (Å²) in [5.41, 5.74) is 1.24. The van der Waals surface area contributed by atoms with Crippen molar-refractivity contribution in [1.29, 1.82) is 0 Å². The van der Waals surface area contributed by atoms with E-state index in [0.29, 0.717) is 10.7 Å². The highest BCUT2D eigenvalue weighted by molar-refractivity contribution is 6.30. The van der Waals surface area contributed by atoms with Crippen LogP contribution in [0.1, 0.15) is 12.5 Å². The minimum atomic E-state index is -0.771. The zero-order chi connectivity index (χ0) is 19.6. The first-order valence-electron chi connectivity index (χ1n) is 8.28. The lowest BCUT2D eigenvalue weighted by Crippen LogP contribution is -2.41. The third-order valence-electron chi connectivity index (χ3n) is 4.26. The summed E-state index contributed by atoms with van der Waals surface area (Å²) < 4.78 is 13.1. The van der Waals surface area contributed by atoms with E-state index in [1.54, 1.807) is 31.2 Å². The quantitative estimate of drug-likeness (QED) is 0.799. The van der Waals surface area contributed by atoms with Crippen molar-refractivity contribution in [2.75, 3.05) is 11.4 Å². The van der Waals surface area contributed by atoms with Gasteiger partial charge >= 0.3 is 6.03 Å². The lowest BCUT2D eigenvalue weighted by atomic mass is 10.2. The van der Waals surface area contributed by atoms with Crippen molar-refractivity contribution < 1.29 is 18.8 Å².